The summed E-state index contributed by atoms with van der Waals surface area (Å²) in [6.45, 7) is 2.71. The van der Waals surface area contributed by atoms with Crippen LogP contribution in [0.25, 0.3) is 16.6 Å². The van der Waals surface area contributed by atoms with Crippen LogP contribution in [0.4, 0.5) is 5.82 Å². The summed E-state index contributed by atoms with van der Waals surface area (Å²) in [6.07, 6.45) is 0.831. The third-order valence-corrected chi connectivity index (χ3v) is 5.65. The maximum absolute atomic E-state index is 13.1. The number of carbonyl (C=O) groups excluding carboxylic acids is 1. The van der Waals surface area contributed by atoms with Gasteiger partial charge in [-0.05, 0) is 36.8 Å². The van der Waals surface area contributed by atoms with Crippen molar-refractivity contribution in [1.29, 1.82) is 0 Å². The Morgan fingerprint density at radius 2 is 1.68 bits per heavy atom. The zero-order valence-corrected chi connectivity index (χ0v) is 17.1. The maximum atomic E-state index is 13.1. The van der Waals surface area contributed by atoms with Crippen LogP contribution in [0.5, 0.6) is 0 Å². The smallest absolute Gasteiger partial charge is 0.271 e. The zero-order valence-electron chi connectivity index (χ0n) is 17.1. The average molecular weight is 413 g/mol. The van der Waals surface area contributed by atoms with Crippen molar-refractivity contribution in [2.75, 3.05) is 31.1 Å². The molecule has 1 N–H and O–H groups in total. The number of aromatic nitrogens is 3. The molecule has 7 heteroatoms. The molecule has 3 heterocycles. The highest BCUT2D eigenvalue weighted by Gasteiger charge is 2.22. The number of fused-ring (bicyclic) bond motifs is 1. The van der Waals surface area contributed by atoms with Gasteiger partial charge < -0.3 is 14.8 Å². The van der Waals surface area contributed by atoms with Gasteiger partial charge >= 0.3 is 0 Å². The van der Waals surface area contributed by atoms with E-state index in [0.717, 1.165) is 35.4 Å². The lowest BCUT2D eigenvalue weighted by atomic mass is 10.2. The van der Waals surface area contributed by atoms with E-state index in [1.807, 2.05) is 65.6 Å². The van der Waals surface area contributed by atoms with E-state index >= 15 is 0 Å². The first-order valence-electron chi connectivity index (χ1n) is 10.5. The van der Waals surface area contributed by atoms with Crippen molar-refractivity contribution >= 4 is 22.6 Å². The summed E-state index contributed by atoms with van der Waals surface area (Å²) < 4.78 is 1.42. The number of nitrogens with one attached hydrogen (secondary N) is 1. The Labute approximate surface area is 179 Å². The Bertz CT molecular complexity index is 1240. The summed E-state index contributed by atoms with van der Waals surface area (Å²) in [7, 11) is 0. The molecule has 0 aliphatic carbocycles. The second-order valence-corrected chi connectivity index (χ2v) is 7.68. The number of anilines is 1. The second-order valence-electron chi connectivity index (χ2n) is 7.68. The molecule has 0 saturated carbocycles. The molecule has 7 nitrogen and oxygen atoms in total. The van der Waals surface area contributed by atoms with Crippen molar-refractivity contribution in [3.8, 4) is 5.69 Å². The van der Waals surface area contributed by atoms with Gasteiger partial charge in [0.15, 0.2) is 0 Å². The maximum Gasteiger partial charge on any atom is 0.271 e. The van der Waals surface area contributed by atoms with Crippen LogP contribution in [-0.4, -0.2) is 51.8 Å². The summed E-state index contributed by atoms with van der Waals surface area (Å²) in [5.74, 6) is 0.753. The fraction of sp³-hybridized carbons (Fsp3) is 0.208. The molecule has 1 fully saturated rings. The predicted octanol–water partition coefficient (Wildman–Crippen LogP) is 3.07. The van der Waals surface area contributed by atoms with Gasteiger partial charge in [0.05, 0.1) is 5.69 Å². The molecule has 156 valence electrons. The van der Waals surface area contributed by atoms with E-state index < -0.39 is 0 Å². The Hall–Kier alpha value is -3.87. The summed E-state index contributed by atoms with van der Waals surface area (Å²) in [6, 6.07) is 22.5. The van der Waals surface area contributed by atoms with Gasteiger partial charge in [-0.25, -0.2) is 0 Å². The lowest BCUT2D eigenvalue weighted by molar-refractivity contribution is 0.0762. The van der Waals surface area contributed by atoms with Crippen molar-refractivity contribution in [3.05, 3.63) is 88.8 Å². The van der Waals surface area contributed by atoms with Crippen LogP contribution in [0.3, 0.4) is 0 Å². The number of carbonyl (C=O) groups is 1. The number of benzene rings is 2. The van der Waals surface area contributed by atoms with Crippen molar-refractivity contribution < 1.29 is 4.79 Å². The fourth-order valence-electron chi connectivity index (χ4n) is 4.03. The molecule has 0 spiro atoms. The number of nitrogens with zero attached hydrogens (tertiary/aromatic N) is 4. The van der Waals surface area contributed by atoms with E-state index in [1.165, 1.54) is 4.68 Å². The van der Waals surface area contributed by atoms with Crippen LogP contribution in [0, 0.1) is 0 Å². The highest BCUT2D eigenvalue weighted by atomic mass is 16.2. The largest absolute Gasteiger partial charge is 0.353 e. The van der Waals surface area contributed by atoms with Gasteiger partial charge in [-0.2, -0.15) is 4.68 Å². The van der Waals surface area contributed by atoms with Gasteiger partial charge in [-0.1, -0.05) is 36.4 Å². The quantitative estimate of drug-likeness (QED) is 0.560. The van der Waals surface area contributed by atoms with Crippen molar-refractivity contribution in [1.82, 2.24) is 19.7 Å². The monoisotopic (exact) mass is 413 g/mol. The third-order valence-electron chi connectivity index (χ3n) is 5.65. The van der Waals surface area contributed by atoms with E-state index in [1.54, 1.807) is 12.1 Å². The molecular formula is C24H23N5O2. The number of para-hydroxylation sites is 2. The molecule has 5 rings (SSSR count). The molecule has 0 radical (unpaired) electrons. The first-order valence-corrected chi connectivity index (χ1v) is 10.5. The average Bonchev–Trinajstić information content (AvgIpc) is 3.09. The van der Waals surface area contributed by atoms with E-state index in [9.17, 15) is 9.59 Å². The molecule has 4 aromatic rings. The normalized spacial score (nSPS) is 14.6. The molecule has 2 aromatic carbocycles. The molecule has 1 aliphatic heterocycles. The first kappa shape index (κ1) is 19.1. The van der Waals surface area contributed by atoms with Crippen molar-refractivity contribution in [2.45, 2.75) is 6.42 Å². The molecule has 1 aliphatic rings. The number of hydrogen-bond donors (Lipinski definition) is 1. The molecule has 0 atom stereocenters. The Morgan fingerprint density at radius 1 is 0.871 bits per heavy atom. The van der Waals surface area contributed by atoms with Crippen molar-refractivity contribution in [2.24, 2.45) is 0 Å². The molecule has 1 saturated heterocycles. The summed E-state index contributed by atoms with van der Waals surface area (Å²) in [5.41, 5.74) is 2.15. The third kappa shape index (κ3) is 3.82. The van der Waals surface area contributed by atoms with Crippen LogP contribution in [-0.2, 0) is 0 Å². The minimum atomic E-state index is -0.166. The van der Waals surface area contributed by atoms with Gasteiger partial charge in [-0.15, -0.1) is 5.10 Å². The van der Waals surface area contributed by atoms with E-state index in [0.29, 0.717) is 25.3 Å². The van der Waals surface area contributed by atoms with Gasteiger partial charge in [-0.3, -0.25) is 9.59 Å². The van der Waals surface area contributed by atoms with Crippen molar-refractivity contribution in [3.63, 3.8) is 0 Å². The van der Waals surface area contributed by atoms with Crippen LogP contribution >= 0.6 is 0 Å². The Kier molecular flexibility index (Phi) is 5.00. The number of amides is 1. The summed E-state index contributed by atoms with van der Waals surface area (Å²) in [5, 5.41) is 5.62. The second kappa shape index (κ2) is 8.10. The SMILES string of the molecule is O=C(c1cc2ccccc2[nH]1)N1CCCN(c2ccc(=O)n(-c3ccccc3)n2)CC1. The number of rotatable bonds is 3. The minimum Gasteiger partial charge on any atom is -0.353 e. The summed E-state index contributed by atoms with van der Waals surface area (Å²) in [4.78, 5) is 32.6. The van der Waals surface area contributed by atoms with Crippen LogP contribution in [0.15, 0.2) is 77.6 Å². The predicted molar refractivity (Wildman–Crippen MR) is 121 cm³/mol. The number of aromatic amines is 1. The highest BCUT2D eigenvalue weighted by molar-refractivity contribution is 5.98. The lowest BCUT2D eigenvalue weighted by Crippen LogP contribution is -2.36. The van der Waals surface area contributed by atoms with Gasteiger partial charge in [0, 0.05) is 43.1 Å². The van der Waals surface area contributed by atoms with Gasteiger partial charge in [0.25, 0.3) is 11.5 Å². The Morgan fingerprint density at radius 3 is 2.52 bits per heavy atom. The van der Waals surface area contributed by atoms with Crippen LogP contribution in [0.2, 0.25) is 0 Å². The van der Waals surface area contributed by atoms with E-state index in [4.69, 9.17) is 0 Å². The van der Waals surface area contributed by atoms with Gasteiger partial charge in [0.1, 0.15) is 11.5 Å². The molecule has 2 aromatic heterocycles. The topological polar surface area (TPSA) is 74.2 Å². The lowest BCUT2D eigenvalue weighted by Gasteiger charge is -2.23. The van der Waals surface area contributed by atoms with Crippen LogP contribution in [0.1, 0.15) is 16.9 Å². The molecule has 0 unspecified atom stereocenters. The fourth-order valence-corrected chi connectivity index (χ4v) is 4.03. The van der Waals surface area contributed by atoms with Gasteiger partial charge in [0.2, 0.25) is 0 Å². The Balaban J connectivity index is 1.34. The van der Waals surface area contributed by atoms with Crippen LogP contribution < -0.4 is 10.5 Å². The summed E-state index contributed by atoms with van der Waals surface area (Å²) >= 11 is 0. The molecular weight excluding hydrogens is 390 g/mol. The minimum absolute atomic E-state index is 0.0141. The standard InChI is InChI=1S/C24H23N5O2/c30-23-12-11-22(26-29(23)19-8-2-1-3-9-19)27-13-6-14-28(16-15-27)24(31)21-17-18-7-4-5-10-20(18)25-21/h1-5,7-12,17,25H,6,13-16H2. The number of hydrogen-bond acceptors (Lipinski definition) is 4. The molecule has 31 heavy (non-hydrogen) atoms. The zero-order chi connectivity index (χ0) is 21.2. The highest BCUT2D eigenvalue weighted by Crippen LogP contribution is 2.18. The number of H-pyrrole nitrogens is 1. The molecule has 0 bridgehead atoms. The molecule has 1 amide bonds. The van der Waals surface area contributed by atoms with E-state index in [-0.39, 0.29) is 11.5 Å². The first-order chi connectivity index (χ1) is 15.2. The van der Waals surface area contributed by atoms with E-state index in [2.05, 4.69) is 15.0 Å².